The van der Waals surface area contributed by atoms with Crippen LogP contribution < -0.4 is 5.32 Å². The van der Waals surface area contributed by atoms with Gasteiger partial charge in [0.15, 0.2) is 0 Å². The Balaban J connectivity index is 1.12. The lowest BCUT2D eigenvalue weighted by Crippen LogP contribution is -2.17. The number of benzene rings is 9. The summed E-state index contributed by atoms with van der Waals surface area (Å²) in [6.07, 6.45) is 0. The molecule has 280 valence electrons. The number of rotatable bonds is 6. The highest BCUT2D eigenvalue weighted by molar-refractivity contribution is 6.03. The summed E-state index contributed by atoms with van der Waals surface area (Å²) in [5.74, 6) is 0. The van der Waals surface area contributed by atoms with Gasteiger partial charge in [0.1, 0.15) is 0 Å². The summed E-state index contributed by atoms with van der Waals surface area (Å²) < 4.78 is 0. The van der Waals surface area contributed by atoms with E-state index in [1.807, 2.05) is 0 Å². The molecule has 0 heterocycles. The minimum Gasteiger partial charge on any atom is -0.355 e. The molecule has 0 aromatic heterocycles. The van der Waals surface area contributed by atoms with Crippen molar-refractivity contribution < 1.29 is 0 Å². The van der Waals surface area contributed by atoms with Gasteiger partial charge in [0.2, 0.25) is 0 Å². The molecule has 1 nitrogen and oxygen atoms in total. The Hall–Kier alpha value is -6.70. The Morgan fingerprint density at radius 3 is 1.64 bits per heavy atom. The summed E-state index contributed by atoms with van der Waals surface area (Å²) in [7, 11) is 0. The molecular weight excluding hydrogens is 699 g/mol. The van der Waals surface area contributed by atoms with Crippen LogP contribution in [0.15, 0.2) is 188 Å². The Kier molecular flexibility index (Phi) is 8.46. The lowest BCUT2D eigenvalue weighted by Gasteiger charge is -2.25. The molecule has 1 aliphatic rings. The number of nitrogens with one attached hydrogen (secondary N) is 1. The van der Waals surface area contributed by atoms with Crippen molar-refractivity contribution >= 4 is 32.9 Å². The zero-order chi connectivity index (χ0) is 39.6. The van der Waals surface area contributed by atoms with Crippen molar-refractivity contribution in [3.63, 3.8) is 0 Å². The molecule has 0 saturated carbocycles. The van der Waals surface area contributed by atoms with Crippen LogP contribution in [0.1, 0.15) is 51.3 Å². The van der Waals surface area contributed by atoms with E-state index in [1.165, 1.54) is 93.9 Å². The predicted octanol–water partition coefficient (Wildman–Crippen LogP) is 16.0. The average molecular weight is 746 g/mol. The number of anilines is 2. The van der Waals surface area contributed by atoms with Gasteiger partial charge in [-0.25, -0.2) is 0 Å². The molecule has 9 aromatic carbocycles. The van der Waals surface area contributed by atoms with Gasteiger partial charge in [0.05, 0.1) is 0 Å². The van der Waals surface area contributed by atoms with Crippen molar-refractivity contribution in [3.8, 4) is 55.6 Å². The monoisotopic (exact) mass is 745 g/mol. The normalized spacial score (nSPS) is 13.1. The van der Waals surface area contributed by atoms with Crippen molar-refractivity contribution in [1.82, 2.24) is 0 Å². The van der Waals surface area contributed by atoms with E-state index in [-0.39, 0.29) is 10.8 Å². The van der Waals surface area contributed by atoms with E-state index in [4.69, 9.17) is 0 Å². The third-order valence-corrected chi connectivity index (χ3v) is 12.4. The van der Waals surface area contributed by atoms with Crippen LogP contribution in [0.2, 0.25) is 0 Å². The van der Waals surface area contributed by atoms with Gasteiger partial charge in [0.25, 0.3) is 0 Å². The zero-order valence-corrected chi connectivity index (χ0v) is 33.9. The molecule has 0 unspecified atom stereocenters. The van der Waals surface area contributed by atoms with Crippen LogP contribution in [0.3, 0.4) is 0 Å². The second-order valence-electron chi connectivity index (χ2n) is 17.5. The van der Waals surface area contributed by atoms with Gasteiger partial charge < -0.3 is 5.32 Å². The van der Waals surface area contributed by atoms with Gasteiger partial charge in [-0.3, -0.25) is 0 Å². The summed E-state index contributed by atoms with van der Waals surface area (Å²) in [6, 6.07) is 69.5. The number of hydrogen-bond acceptors (Lipinski definition) is 1. The van der Waals surface area contributed by atoms with Gasteiger partial charge in [0, 0.05) is 22.4 Å². The van der Waals surface area contributed by atoms with Crippen molar-refractivity contribution in [1.29, 1.82) is 0 Å². The third-order valence-electron chi connectivity index (χ3n) is 12.4. The number of hydrogen-bond donors (Lipinski definition) is 1. The fourth-order valence-corrected chi connectivity index (χ4v) is 9.13. The van der Waals surface area contributed by atoms with Crippen LogP contribution in [0.5, 0.6) is 0 Å². The van der Waals surface area contributed by atoms with E-state index in [0.717, 1.165) is 11.4 Å². The molecule has 0 spiro atoms. The first-order chi connectivity index (χ1) is 28.1. The first kappa shape index (κ1) is 35.7. The minimum atomic E-state index is -0.160. The summed E-state index contributed by atoms with van der Waals surface area (Å²) in [4.78, 5) is 0. The Bertz CT molecular complexity index is 3030. The molecular formula is C57H47N. The molecule has 0 amide bonds. The van der Waals surface area contributed by atoms with Crippen LogP contribution in [0, 0.1) is 0 Å². The summed E-state index contributed by atoms with van der Waals surface area (Å²) in [5, 5.41) is 8.90. The molecule has 10 rings (SSSR count). The molecule has 0 fully saturated rings. The second-order valence-corrected chi connectivity index (χ2v) is 17.5. The molecule has 0 radical (unpaired) electrons. The van der Waals surface area contributed by atoms with E-state index in [1.54, 1.807) is 0 Å². The van der Waals surface area contributed by atoms with Gasteiger partial charge in [-0.2, -0.15) is 0 Å². The van der Waals surface area contributed by atoms with Crippen LogP contribution in [-0.2, 0) is 10.8 Å². The minimum absolute atomic E-state index is 0.0530. The second kappa shape index (κ2) is 13.7. The molecule has 0 atom stereocenters. The molecule has 58 heavy (non-hydrogen) atoms. The van der Waals surface area contributed by atoms with E-state index in [2.05, 4.69) is 228 Å². The highest BCUT2D eigenvalue weighted by atomic mass is 14.9. The summed E-state index contributed by atoms with van der Waals surface area (Å²) in [6.45, 7) is 11.7. The maximum absolute atomic E-state index is 3.88. The molecule has 0 aliphatic heterocycles. The summed E-state index contributed by atoms with van der Waals surface area (Å²) >= 11 is 0. The van der Waals surface area contributed by atoms with Crippen molar-refractivity contribution in [2.75, 3.05) is 5.32 Å². The van der Waals surface area contributed by atoms with E-state index < -0.39 is 0 Å². The Morgan fingerprint density at radius 1 is 0.379 bits per heavy atom. The fourth-order valence-electron chi connectivity index (χ4n) is 9.13. The van der Waals surface area contributed by atoms with Crippen LogP contribution >= 0.6 is 0 Å². The largest absolute Gasteiger partial charge is 0.355 e. The van der Waals surface area contributed by atoms with Gasteiger partial charge >= 0.3 is 0 Å². The van der Waals surface area contributed by atoms with Gasteiger partial charge in [-0.1, -0.05) is 186 Å². The molecule has 1 aliphatic carbocycles. The quantitative estimate of drug-likeness (QED) is 0.179. The Morgan fingerprint density at radius 2 is 0.948 bits per heavy atom. The predicted molar refractivity (Wildman–Crippen MR) is 249 cm³/mol. The highest BCUT2D eigenvalue weighted by Gasteiger charge is 2.39. The van der Waals surface area contributed by atoms with Gasteiger partial charge in [-0.15, -0.1) is 0 Å². The average Bonchev–Trinajstić information content (AvgIpc) is 3.48. The van der Waals surface area contributed by atoms with Crippen molar-refractivity contribution in [2.24, 2.45) is 0 Å². The maximum atomic E-state index is 3.88. The van der Waals surface area contributed by atoms with E-state index in [9.17, 15) is 0 Å². The fraction of sp³-hybridized carbons (Fsp3) is 0.123. The van der Waals surface area contributed by atoms with Crippen molar-refractivity contribution in [2.45, 2.75) is 45.4 Å². The third kappa shape index (κ3) is 6.19. The molecule has 9 aromatic rings. The lowest BCUT2D eigenvalue weighted by molar-refractivity contribution is 0.584. The Labute approximate surface area is 342 Å². The smallest absolute Gasteiger partial charge is 0.0464 e. The molecule has 0 bridgehead atoms. The lowest BCUT2D eigenvalue weighted by atomic mass is 9.78. The van der Waals surface area contributed by atoms with Gasteiger partial charge in [-0.05, 0) is 130 Å². The zero-order valence-electron chi connectivity index (χ0n) is 33.9. The van der Waals surface area contributed by atoms with Crippen molar-refractivity contribution in [3.05, 3.63) is 205 Å². The molecule has 1 N–H and O–H groups in total. The first-order valence-electron chi connectivity index (χ1n) is 20.5. The standard InChI is InChI=1S/C57H47N/c1-56(2,3)46-27-30-49-52(36-46)57(4,5)51-32-31-48(45-18-12-17-42(35-45)44-24-22-38-14-7-9-16-41(38)34-44)54(55(49)51)50-19-10-11-20-53(50)58-47-28-25-39(26-29-47)43-23-21-37-13-6-8-15-40(37)33-43/h6-36,58H,1-5H3. The topological polar surface area (TPSA) is 12.0 Å². The van der Waals surface area contributed by atoms with E-state index >= 15 is 0 Å². The number of para-hydroxylation sites is 1. The summed E-state index contributed by atoms with van der Waals surface area (Å²) in [5.41, 5.74) is 18.6. The molecule has 0 saturated heterocycles. The van der Waals surface area contributed by atoms with Crippen LogP contribution in [-0.4, -0.2) is 0 Å². The maximum Gasteiger partial charge on any atom is 0.0464 e. The SMILES string of the molecule is CC(C)(C)c1ccc2c(c1)C(C)(C)c1ccc(-c3cccc(-c4ccc5ccccc5c4)c3)c(-c3ccccc3Nc3ccc(-c4ccc5ccccc5c4)cc3)c1-2. The molecule has 1 heteroatoms. The highest BCUT2D eigenvalue weighted by Crippen LogP contribution is 2.56. The van der Waals surface area contributed by atoms with Crippen LogP contribution in [0.4, 0.5) is 11.4 Å². The number of fused-ring (bicyclic) bond motifs is 5. The first-order valence-corrected chi connectivity index (χ1v) is 20.5. The van der Waals surface area contributed by atoms with Crippen LogP contribution in [0.25, 0.3) is 77.2 Å². The van der Waals surface area contributed by atoms with E-state index in [0.29, 0.717) is 0 Å².